The maximum atomic E-state index is 6.71. The molecule has 0 atom stereocenters. The minimum absolute atomic E-state index is 0.901. The van der Waals surface area contributed by atoms with E-state index in [1.165, 1.54) is 58.1 Å². The molecule has 0 radical (unpaired) electrons. The summed E-state index contributed by atoms with van der Waals surface area (Å²) in [6.45, 7) is 0. The summed E-state index contributed by atoms with van der Waals surface area (Å²) in [7, 11) is -2.74. The highest BCUT2D eigenvalue weighted by Crippen LogP contribution is 2.50. The molecule has 12 aromatic rings. The number of hydrogen-bond acceptors (Lipinski definition) is 3. The molecule has 0 aliphatic rings. The van der Waals surface area contributed by atoms with Gasteiger partial charge in [0, 0.05) is 37.6 Å². The van der Waals surface area contributed by atoms with E-state index in [1.54, 1.807) is 0 Å². The number of hydrogen-bond donors (Lipinski definition) is 0. The normalized spacial score (nSPS) is 11.9. The molecule has 0 aliphatic carbocycles. The number of para-hydroxylation sites is 1. The Morgan fingerprint density at radius 1 is 0.387 bits per heavy atom. The fraction of sp³-hybridized carbons (Fsp3) is 0. The minimum Gasteiger partial charge on any atom is -0.455 e. The number of nitrogens with zero attached hydrogens (tertiary/aromatic N) is 1. The zero-order chi connectivity index (χ0) is 41.0. The Balaban J connectivity index is 1.10. The summed E-state index contributed by atoms with van der Waals surface area (Å²) < 4.78 is 9.11. The summed E-state index contributed by atoms with van der Waals surface area (Å²) in [6, 6.07) is 87.0. The molecule has 0 unspecified atom stereocenters. The van der Waals surface area contributed by atoms with Crippen molar-refractivity contribution in [1.29, 1.82) is 0 Å². The number of benzene rings is 10. The number of rotatable bonds is 8. The fourth-order valence-electron chi connectivity index (χ4n) is 9.75. The average Bonchev–Trinajstić information content (AvgIpc) is 3.93. The summed E-state index contributed by atoms with van der Waals surface area (Å²) in [6.07, 6.45) is 0. The Hall–Kier alpha value is -7.50. The van der Waals surface area contributed by atoms with Gasteiger partial charge in [-0.05, 0) is 91.2 Å². The van der Waals surface area contributed by atoms with E-state index in [1.807, 2.05) is 11.3 Å². The highest BCUT2D eigenvalue weighted by molar-refractivity contribution is 7.26. The zero-order valence-electron chi connectivity index (χ0n) is 33.8. The van der Waals surface area contributed by atoms with Crippen LogP contribution in [0.4, 0.5) is 17.1 Å². The summed E-state index contributed by atoms with van der Waals surface area (Å²) in [4.78, 5) is 2.47. The first kappa shape index (κ1) is 36.4. The van der Waals surface area contributed by atoms with E-state index < -0.39 is 8.07 Å². The molecule has 12 rings (SSSR count). The highest BCUT2D eigenvalue weighted by Gasteiger charge is 2.41. The number of fused-ring (bicyclic) bond motifs is 8. The molecule has 0 bridgehead atoms. The number of furan rings is 1. The van der Waals surface area contributed by atoms with Crippen molar-refractivity contribution in [2.24, 2.45) is 0 Å². The molecule has 0 N–H and O–H groups in total. The fourth-order valence-corrected chi connectivity index (χ4v) is 15.7. The number of thiophene rings is 1. The maximum Gasteiger partial charge on any atom is 0.179 e. The van der Waals surface area contributed by atoms with E-state index in [2.05, 4.69) is 241 Å². The highest BCUT2D eigenvalue weighted by atomic mass is 32.1. The monoisotopic (exact) mass is 825 g/mol. The van der Waals surface area contributed by atoms with Gasteiger partial charge in [-0.25, -0.2) is 0 Å². The van der Waals surface area contributed by atoms with Crippen LogP contribution in [-0.4, -0.2) is 8.07 Å². The molecule has 0 saturated heterocycles. The third-order valence-corrected chi connectivity index (χ3v) is 18.6. The van der Waals surface area contributed by atoms with Crippen molar-refractivity contribution >= 4 is 110 Å². The summed E-state index contributed by atoms with van der Waals surface area (Å²) in [5.41, 5.74) is 7.53. The Kier molecular flexibility index (Phi) is 8.73. The molecule has 0 fully saturated rings. The topological polar surface area (TPSA) is 16.4 Å². The molecule has 10 aromatic carbocycles. The third-order valence-electron chi connectivity index (χ3n) is 12.6. The lowest BCUT2D eigenvalue weighted by Gasteiger charge is -2.35. The van der Waals surface area contributed by atoms with Crippen LogP contribution >= 0.6 is 11.3 Å². The second-order valence-corrected chi connectivity index (χ2v) is 20.9. The Labute approximate surface area is 365 Å². The number of anilines is 3. The second-order valence-electron chi connectivity index (χ2n) is 16.0. The lowest BCUT2D eigenvalue weighted by atomic mass is 10.0. The van der Waals surface area contributed by atoms with Crippen LogP contribution in [0.25, 0.3) is 64.0 Å². The summed E-state index contributed by atoms with van der Waals surface area (Å²) >= 11 is 1.81. The first-order valence-electron chi connectivity index (χ1n) is 21.2. The van der Waals surface area contributed by atoms with Crippen molar-refractivity contribution in [3.8, 4) is 11.1 Å². The van der Waals surface area contributed by atoms with Crippen molar-refractivity contribution in [1.82, 2.24) is 0 Å². The molecule has 2 heterocycles. The van der Waals surface area contributed by atoms with Crippen LogP contribution in [0.15, 0.2) is 241 Å². The molecule has 4 heteroatoms. The SMILES string of the molecule is c1ccc([Si](c2ccccc2)(c2ccccc2)c2ccc(N(c3ccc(-c4ccc5ccccc5c4)cc3)c3cc4c5ccccc5oc4c4sc5ccccc5c34)cc2)cc1. The van der Waals surface area contributed by atoms with Gasteiger partial charge in [-0.15, -0.1) is 11.3 Å². The molecule has 0 amide bonds. The van der Waals surface area contributed by atoms with Crippen LogP contribution in [0.2, 0.25) is 0 Å². The van der Waals surface area contributed by atoms with Crippen molar-refractivity contribution < 1.29 is 4.42 Å². The molecule has 0 saturated carbocycles. The minimum atomic E-state index is -2.74. The zero-order valence-corrected chi connectivity index (χ0v) is 35.6. The molecule has 2 nitrogen and oxygen atoms in total. The van der Waals surface area contributed by atoms with Gasteiger partial charge in [-0.3, -0.25) is 0 Å². The van der Waals surface area contributed by atoms with E-state index >= 15 is 0 Å². The van der Waals surface area contributed by atoms with Crippen molar-refractivity contribution in [2.75, 3.05) is 4.90 Å². The van der Waals surface area contributed by atoms with Gasteiger partial charge in [-0.1, -0.05) is 188 Å². The molecule has 0 aliphatic heterocycles. The van der Waals surface area contributed by atoms with Gasteiger partial charge in [0.1, 0.15) is 5.58 Å². The Morgan fingerprint density at radius 2 is 0.903 bits per heavy atom. The smallest absolute Gasteiger partial charge is 0.179 e. The van der Waals surface area contributed by atoms with Gasteiger partial charge >= 0.3 is 0 Å². The van der Waals surface area contributed by atoms with Gasteiger partial charge in [-0.2, -0.15) is 0 Å². The first-order chi connectivity index (χ1) is 30.7. The van der Waals surface area contributed by atoms with Crippen molar-refractivity contribution in [2.45, 2.75) is 0 Å². The van der Waals surface area contributed by atoms with Gasteiger partial charge in [0.15, 0.2) is 13.7 Å². The first-order valence-corrected chi connectivity index (χ1v) is 24.0. The standard InChI is InChI=1S/C58H39NOSSi/c1-4-18-46(19-5-1)62(47-20-6-2-7-21-47,48-22-8-3-9-23-48)49-36-34-45(35-37-49)59(44-32-30-41(31-33-44)43-29-28-40-16-10-11-17-42(40)38-43)53-39-52-50-24-12-14-26-54(50)60-57(52)58-56(53)51-25-13-15-27-55(51)61-58/h1-39H. The van der Waals surface area contributed by atoms with Crippen molar-refractivity contribution in [3.05, 3.63) is 237 Å². The van der Waals surface area contributed by atoms with Gasteiger partial charge in [0.2, 0.25) is 0 Å². The lowest BCUT2D eigenvalue weighted by Crippen LogP contribution is -2.74. The molecule has 2 aromatic heterocycles. The molecular weight excluding hydrogens is 787 g/mol. The van der Waals surface area contributed by atoms with Crippen LogP contribution in [0.1, 0.15) is 0 Å². The van der Waals surface area contributed by atoms with Crippen LogP contribution in [0, 0.1) is 0 Å². The van der Waals surface area contributed by atoms with Gasteiger partial charge in [0.25, 0.3) is 0 Å². The Morgan fingerprint density at radius 3 is 1.56 bits per heavy atom. The van der Waals surface area contributed by atoms with E-state index in [0.29, 0.717) is 0 Å². The second kappa shape index (κ2) is 14.9. The van der Waals surface area contributed by atoms with E-state index in [-0.39, 0.29) is 0 Å². The lowest BCUT2D eigenvalue weighted by molar-refractivity contribution is 0.673. The maximum absolute atomic E-state index is 6.71. The van der Waals surface area contributed by atoms with E-state index in [9.17, 15) is 0 Å². The summed E-state index contributed by atoms with van der Waals surface area (Å²) in [5, 5.41) is 12.5. The summed E-state index contributed by atoms with van der Waals surface area (Å²) in [5.74, 6) is 0. The third kappa shape index (κ3) is 5.83. The van der Waals surface area contributed by atoms with E-state index in [0.717, 1.165) is 43.7 Å². The largest absolute Gasteiger partial charge is 0.455 e. The van der Waals surface area contributed by atoms with Crippen LogP contribution in [0.5, 0.6) is 0 Å². The van der Waals surface area contributed by atoms with Crippen LogP contribution < -0.4 is 25.6 Å². The van der Waals surface area contributed by atoms with Crippen LogP contribution in [-0.2, 0) is 0 Å². The molecule has 62 heavy (non-hydrogen) atoms. The average molecular weight is 826 g/mol. The van der Waals surface area contributed by atoms with Gasteiger partial charge < -0.3 is 9.32 Å². The van der Waals surface area contributed by atoms with Crippen LogP contribution in [0.3, 0.4) is 0 Å². The van der Waals surface area contributed by atoms with E-state index in [4.69, 9.17) is 4.42 Å². The Bertz CT molecular complexity index is 3460. The molecular formula is C58H39NOSSi. The molecule has 292 valence electrons. The molecule has 0 spiro atoms. The predicted octanol–water partition coefficient (Wildman–Crippen LogP) is 13.6. The quantitative estimate of drug-likeness (QED) is 0.112. The van der Waals surface area contributed by atoms with Crippen molar-refractivity contribution in [3.63, 3.8) is 0 Å². The predicted molar refractivity (Wildman–Crippen MR) is 268 cm³/mol. The van der Waals surface area contributed by atoms with Gasteiger partial charge in [0.05, 0.1) is 10.4 Å².